The van der Waals surface area contributed by atoms with Gasteiger partial charge in [0.15, 0.2) is 0 Å². The van der Waals surface area contributed by atoms with Gasteiger partial charge in [-0.3, -0.25) is 4.79 Å². The van der Waals surface area contributed by atoms with Crippen LogP contribution in [0.1, 0.15) is 39.4 Å². The van der Waals surface area contributed by atoms with Crippen molar-refractivity contribution in [2.45, 2.75) is 24.7 Å². The van der Waals surface area contributed by atoms with Gasteiger partial charge in [0.25, 0.3) is 5.91 Å². The third-order valence-corrected chi connectivity index (χ3v) is 5.75. The summed E-state index contributed by atoms with van der Waals surface area (Å²) in [6.07, 6.45) is -9.53. The maximum atomic E-state index is 13.1. The van der Waals surface area contributed by atoms with Gasteiger partial charge in [-0.25, -0.2) is 0 Å². The summed E-state index contributed by atoms with van der Waals surface area (Å²) < 4.78 is 78.5. The Labute approximate surface area is 193 Å². The third-order valence-electron chi connectivity index (χ3n) is 4.55. The average Bonchev–Trinajstić information content (AvgIpc) is 2.67. The summed E-state index contributed by atoms with van der Waals surface area (Å²) in [7, 11) is 1.31. The summed E-state index contributed by atoms with van der Waals surface area (Å²) >= 11 is 15.3. The Morgan fingerprint density at radius 3 is 1.97 bits per heavy atom. The highest BCUT2D eigenvalue weighted by molar-refractivity contribution is 9.09. The van der Waals surface area contributed by atoms with E-state index in [0.29, 0.717) is 33.9 Å². The molecular weight excluding hydrogens is 535 g/mol. The molecule has 0 radical (unpaired) electrons. The summed E-state index contributed by atoms with van der Waals surface area (Å²) in [4.78, 5) is 13.8. The number of rotatable bonds is 6. The van der Waals surface area contributed by atoms with Crippen LogP contribution in [0.5, 0.6) is 0 Å². The van der Waals surface area contributed by atoms with Crippen molar-refractivity contribution in [3.63, 3.8) is 0 Å². The molecule has 0 aromatic heterocycles. The fourth-order valence-corrected chi connectivity index (χ4v) is 3.83. The van der Waals surface area contributed by atoms with Gasteiger partial charge in [-0.15, -0.1) is 0 Å². The zero-order valence-electron chi connectivity index (χ0n) is 15.9. The molecule has 0 heterocycles. The molecule has 11 heteroatoms. The number of alkyl halides is 7. The standard InChI is InChI=1S/C20H16BrCl2F6NO/c1-30(10-12(4-5-21)11-2-3-16(22)17(23)8-11)18(31)13-6-14(19(24,25)26)9-15(7-13)20(27,28)29/h2-3,6-9,12H,4-5,10H2,1H3. The largest absolute Gasteiger partial charge is 0.416 e. The van der Waals surface area contributed by atoms with E-state index < -0.39 is 35.0 Å². The van der Waals surface area contributed by atoms with E-state index in [1.807, 2.05) is 0 Å². The number of hydrogen-bond acceptors (Lipinski definition) is 1. The molecule has 2 rings (SSSR count). The first-order valence-corrected chi connectivity index (χ1v) is 10.7. The van der Waals surface area contributed by atoms with Crippen LogP contribution in [0.4, 0.5) is 26.3 Å². The number of hydrogen-bond donors (Lipinski definition) is 0. The molecule has 0 aliphatic heterocycles. The molecule has 31 heavy (non-hydrogen) atoms. The summed E-state index contributed by atoms with van der Waals surface area (Å²) in [5, 5.41) is 1.17. The predicted octanol–water partition coefficient (Wildman–Crippen LogP) is 7.67. The first-order valence-electron chi connectivity index (χ1n) is 8.80. The molecule has 2 nitrogen and oxygen atoms in total. The van der Waals surface area contributed by atoms with Crippen LogP contribution in [-0.2, 0) is 12.4 Å². The van der Waals surface area contributed by atoms with E-state index in [2.05, 4.69) is 15.9 Å². The van der Waals surface area contributed by atoms with Crippen molar-refractivity contribution in [3.8, 4) is 0 Å². The van der Waals surface area contributed by atoms with E-state index in [0.717, 1.165) is 10.5 Å². The second-order valence-corrected chi connectivity index (χ2v) is 8.44. The minimum absolute atomic E-state index is 0.0138. The molecule has 0 aliphatic carbocycles. The molecule has 2 aromatic carbocycles. The molecule has 1 atom stereocenters. The number of amides is 1. The second-order valence-electron chi connectivity index (χ2n) is 6.83. The van der Waals surface area contributed by atoms with E-state index in [9.17, 15) is 31.1 Å². The number of likely N-dealkylation sites (N-methyl/N-ethyl adjacent to an activating group) is 1. The van der Waals surface area contributed by atoms with Gasteiger partial charge in [-0.05, 0) is 42.3 Å². The predicted molar refractivity (Wildman–Crippen MR) is 111 cm³/mol. The van der Waals surface area contributed by atoms with Crippen LogP contribution in [0.2, 0.25) is 10.0 Å². The highest BCUT2D eigenvalue weighted by Gasteiger charge is 2.37. The lowest BCUT2D eigenvalue weighted by molar-refractivity contribution is -0.143. The SMILES string of the molecule is CN(CC(CCBr)c1ccc(Cl)c(Cl)c1)C(=O)c1cc(C(F)(F)F)cc(C(F)(F)F)c1. The van der Waals surface area contributed by atoms with Crippen LogP contribution in [0, 0.1) is 0 Å². The monoisotopic (exact) mass is 549 g/mol. The third kappa shape index (κ3) is 6.76. The fraction of sp³-hybridized carbons (Fsp3) is 0.350. The van der Waals surface area contributed by atoms with Crippen LogP contribution in [0.15, 0.2) is 36.4 Å². The molecule has 0 spiro atoms. The summed E-state index contributed by atoms with van der Waals surface area (Å²) in [5.41, 5.74) is -3.05. The number of carbonyl (C=O) groups is 1. The number of benzene rings is 2. The van der Waals surface area contributed by atoms with Crippen LogP contribution < -0.4 is 0 Å². The first kappa shape index (κ1) is 25.8. The lowest BCUT2D eigenvalue weighted by atomic mass is 9.95. The van der Waals surface area contributed by atoms with Gasteiger partial charge in [0, 0.05) is 30.4 Å². The smallest absolute Gasteiger partial charge is 0.341 e. The van der Waals surface area contributed by atoms with Crippen molar-refractivity contribution in [1.82, 2.24) is 4.90 Å². The number of carbonyl (C=O) groups excluding carboxylic acids is 1. The zero-order chi connectivity index (χ0) is 23.6. The van der Waals surface area contributed by atoms with E-state index in [1.165, 1.54) is 7.05 Å². The maximum absolute atomic E-state index is 13.1. The van der Waals surface area contributed by atoms with Crippen molar-refractivity contribution < 1.29 is 31.1 Å². The van der Waals surface area contributed by atoms with E-state index in [4.69, 9.17) is 23.2 Å². The topological polar surface area (TPSA) is 20.3 Å². The Hall–Kier alpha value is -1.45. The Balaban J connectivity index is 2.37. The zero-order valence-corrected chi connectivity index (χ0v) is 19.0. The van der Waals surface area contributed by atoms with Crippen LogP contribution in [0.3, 0.4) is 0 Å². The Morgan fingerprint density at radius 2 is 1.52 bits per heavy atom. The van der Waals surface area contributed by atoms with Gasteiger partial charge in [0.2, 0.25) is 0 Å². The summed E-state index contributed by atoms with van der Waals surface area (Å²) in [6.45, 7) is 0.0417. The van der Waals surface area contributed by atoms with Crippen molar-refractivity contribution in [2.75, 3.05) is 18.9 Å². The first-order chi connectivity index (χ1) is 14.2. The molecule has 0 bridgehead atoms. The van der Waals surface area contributed by atoms with Crippen LogP contribution in [0.25, 0.3) is 0 Å². The Bertz CT molecular complexity index is 916. The minimum Gasteiger partial charge on any atom is -0.341 e. The van der Waals surface area contributed by atoms with Gasteiger partial charge >= 0.3 is 12.4 Å². The number of halogens is 9. The Kier molecular flexibility index (Phi) is 8.33. The van der Waals surface area contributed by atoms with E-state index in [1.54, 1.807) is 18.2 Å². The van der Waals surface area contributed by atoms with E-state index >= 15 is 0 Å². The molecule has 170 valence electrons. The average molecular weight is 551 g/mol. The minimum atomic E-state index is -5.03. The summed E-state index contributed by atoms with van der Waals surface area (Å²) in [5.74, 6) is -1.24. The van der Waals surface area contributed by atoms with Crippen LogP contribution in [-0.4, -0.2) is 29.7 Å². The molecule has 0 fully saturated rings. The van der Waals surface area contributed by atoms with Crippen molar-refractivity contribution in [3.05, 3.63) is 68.7 Å². The van der Waals surface area contributed by atoms with Crippen molar-refractivity contribution >= 4 is 45.0 Å². The lowest BCUT2D eigenvalue weighted by Gasteiger charge is -2.25. The van der Waals surface area contributed by atoms with Crippen molar-refractivity contribution in [1.29, 1.82) is 0 Å². The molecule has 2 aromatic rings. The van der Waals surface area contributed by atoms with Crippen molar-refractivity contribution in [2.24, 2.45) is 0 Å². The highest BCUT2D eigenvalue weighted by Crippen LogP contribution is 2.37. The lowest BCUT2D eigenvalue weighted by Crippen LogP contribution is -2.32. The molecule has 1 unspecified atom stereocenters. The quantitative estimate of drug-likeness (QED) is 0.267. The Morgan fingerprint density at radius 1 is 0.968 bits per heavy atom. The van der Waals surface area contributed by atoms with Gasteiger partial charge in [-0.1, -0.05) is 45.2 Å². The number of nitrogens with zero attached hydrogens (tertiary/aromatic N) is 1. The fourth-order valence-electron chi connectivity index (χ4n) is 2.97. The van der Waals surface area contributed by atoms with Crippen LogP contribution >= 0.6 is 39.1 Å². The van der Waals surface area contributed by atoms with Gasteiger partial charge < -0.3 is 4.90 Å². The molecule has 1 amide bonds. The summed E-state index contributed by atoms with van der Waals surface area (Å²) in [6, 6.07) is 5.72. The second kappa shape index (κ2) is 10.0. The van der Waals surface area contributed by atoms with Gasteiger partial charge in [-0.2, -0.15) is 26.3 Å². The molecule has 0 N–H and O–H groups in total. The highest BCUT2D eigenvalue weighted by atomic mass is 79.9. The molecule has 0 saturated heterocycles. The molecule has 0 aliphatic rings. The maximum Gasteiger partial charge on any atom is 0.416 e. The van der Waals surface area contributed by atoms with Gasteiger partial charge in [0.05, 0.1) is 21.2 Å². The van der Waals surface area contributed by atoms with Gasteiger partial charge in [0.1, 0.15) is 0 Å². The van der Waals surface area contributed by atoms with E-state index in [-0.39, 0.29) is 18.5 Å². The normalized spacial score (nSPS) is 13.2. The molecular formula is C20H16BrCl2F6NO. The molecule has 0 saturated carbocycles.